The molecule has 2 heterocycles. The number of hydrogen-bond donors (Lipinski definition) is 1. The lowest BCUT2D eigenvalue weighted by molar-refractivity contribution is -0.208. The van der Waals surface area contributed by atoms with E-state index in [9.17, 15) is 9.36 Å². The summed E-state index contributed by atoms with van der Waals surface area (Å²) in [5.74, 6) is 0. The fourth-order valence-electron chi connectivity index (χ4n) is 5.37. The van der Waals surface area contributed by atoms with E-state index in [2.05, 4.69) is 53.2 Å². The molecule has 0 aromatic heterocycles. The molecule has 2 aliphatic heterocycles. The molecule has 3 aromatic carbocycles. The largest absolute Gasteiger partial charge is 0.364 e. The van der Waals surface area contributed by atoms with E-state index in [-0.39, 0.29) is 12.6 Å². The van der Waals surface area contributed by atoms with Crippen molar-refractivity contribution in [1.82, 2.24) is 19.8 Å². The van der Waals surface area contributed by atoms with Crippen LogP contribution in [0.2, 0.25) is 0 Å². The van der Waals surface area contributed by atoms with Gasteiger partial charge in [-0.3, -0.25) is 18.9 Å². The topological polar surface area (TPSA) is 74.4 Å². The number of ether oxygens (including phenoxy) is 1. The maximum atomic E-state index is 13.2. The van der Waals surface area contributed by atoms with Crippen LogP contribution in [-0.4, -0.2) is 60.2 Å². The van der Waals surface area contributed by atoms with E-state index in [1.807, 2.05) is 61.5 Å². The summed E-state index contributed by atoms with van der Waals surface area (Å²) in [5, 5.41) is 2.80. The van der Waals surface area contributed by atoms with Crippen molar-refractivity contribution in [2.75, 3.05) is 27.2 Å². The number of carbonyl (C=O) groups excluding carboxylic acids is 1. The predicted octanol–water partition coefficient (Wildman–Crippen LogP) is 6.33. The lowest BCUT2D eigenvalue weighted by atomic mass is 9.75. The molecular weight excluding hydrogens is 559 g/mol. The third-order valence-corrected chi connectivity index (χ3v) is 10.0. The molecule has 41 heavy (non-hydrogen) atoms. The van der Waals surface area contributed by atoms with Gasteiger partial charge in [-0.2, -0.15) is 0 Å². The molecule has 3 unspecified atom stereocenters. The summed E-state index contributed by atoms with van der Waals surface area (Å²) in [4.78, 5) is 16.9. The molecule has 0 bridgehead atoms. The second kappa shape index (κ2) is 11.9. The Morgan fingerprint density at radius 1 is 0.951 bits per heavy atom. The van der Waals surface area contributed by atoms with Crippen LogP contribution in [0.15, 0.2) is 115 Å². The van der Waals surface area contributed by atoms with E-state index in [0.29, 0.717) is 12.2 Å². The molecular formula is C31H34ClN4O4P. The van der Waals surface area contributed by atoms with Gasteiger partial charge in [0.25, 0.3) is 0 Å². The molecule has 0 spiro atoms. The van der Waals surface area contributed by atoms with Crippen molar-refractivity contribution in [3.8, 4) is 0 Å². The van der Waals surface area contributed by atoms with Crippen LogP contribution in [0.4, 0.5) is 4.79 Å². The number of benzene rings is 3. The highest BCUT2D eigenvalue weighted by Crippen LogP contribution is 2.56. The van der Waals surface area contributed by atoms with E-state index in [4.69, 9.17) is 20.5 Å². The fraction of sp³-hybridized carbons (Fsp3) is 0.258. The van der Waals surface area contributed by atoms with Crippen LogP contribution in [-0.2, 0) is 19.4 Å². The van der Waals surface area contributed by atoms with Gasteiger partial charge in [0, 0.05) is 18.4 Å². The molecule has 10 heteroatoms. The molecule has 3 aromatic rings. The van der Waals surface area contributed by atoms with Crippen LogP contribution in [0, 0.1) is 0 Å². The maximum Gasteiger partial charge on any atom is 0.364 e. The Bertz CT molecular complexity index is 1370. The Morgan fingerprint density at radius 2 is 1.44 bits per heavy atom. The number of amides is 2. The van der Waals surface area contributed by atoms with Gasteiger partial charge < -0.3 is 10.1 Å². The lowest BCUT2D eigenvalue weighted by Gasteiger charge is -2.51. The minimum atomic E-state index is -3.73. The van der Waals surface area contributed by atoms with Gasteiger partial charge in [-0.1, -0.05) is 97.6 Å². The van der Waals surface area contributed by atoms with Gasteiger partial charge in [0.1, 0.15) is 0 Å². The maximum absolute atomic E-state index is 13.2. The highest BCUT2D eigenvalue weighted by molar-refractivity contribution is 7.83. The van der Waals surface area contributed by atoms with Crippen molar-refractivity contribution >= 4 is 24.1 Å². The van der Waals surface area contributed by atoms with Gasteiger partial charge in [-0.15, -0.1) is 0 Å². The van der Waals surface area contributed by atoms with E-state index < -0.39 is 24.9 Å². The molecule has 0 saturated carbocycles. The highest BCUT2D eigenvalue weighted by Gasteiger charge is 2.49. The Labute approximate surface area is 246 Å². The third kappa shape index (κ3) is 5.77. The molecule has 1 saturated heterocycles. The zero-order valence-electron chi connectivity index (χ0n) is 23.3. The van der Waals surface area contributed by atoms with E-state index >= 15 is 0 Å². The lowest BCUT2D eigenvalue weighted by Crippen LogP contribution is -2.62. The standard InChI is InChI=1S/C31H34ClN4O4P/c1-23-20-36(30(37)33-24(23)2)28-21-35(22-29(39-28)40-41(32,38)34(3)4)31(25-14-8-5-9-15-25,26-16-10-6-11-17-26)27-18-12-7-13-19-27/h5-20,28-29H,2,21-22H2,1,3-4H3,(H,33,37). The van der Waals surface area contributed by atoms with Gasteiger partial charge in [-0.25, -0.2) is 9.46 Å². The SMILES string of the molecule is C=C1NC(=O)N(C2CN(C(c3ccccc3)(c3ccccc3)c3ccccc3)CC(OP(=O)(Cl)N(C)C)O2)C=C1C. The number of allylic oxidation sites excluding steroid dienone is 1. The fourth-order valence-corrected chi connectivity index (χ4v) is 6.23. The number of morpholine rings is 1. The van der Waals surface area contributed by atoms with Crippen LogP contribution in [0.1, 0.15) is 23.6 Å². The Hall–Kier alpha value is -3.23. The summed E-state index contributed by atoms with van der Waals surface area (Å²) in [7, 11) is 3.17. The number of urea groups is 1. The number of nitrogens with zero attached hydrogens (tertiary/aromatic N) is 3. The molecule has 3 atom stereocenters. The van der Waals surface area contributed by atoms with Crippen molar-refractivity contribution in [2.24, 2.45) is 0 Å². The van der Waals surface area contributed by atoms with Gasteiger partial charge >= 0.3 is 12.9 Å². The van der Waals surface area contributed by atoms with Crippen LogP contribution >= 0.6 is 18.1 Å². The quantitative estimate of drug-likeness (QED) is 0.243. The minimum absolute atomic E-state index is 0.213. The highest BCUT2D eigenvalue weighted by atomic mass is 35.7. The van der Waals surface area contributed by atoms with Gasteiger partial charge in [0.15, 0.2) is 12.5 Å². The van der Waals surface area contributed by atoms with Crippen molar-refractivity contribution in [3.63, 3.8) is 0 Å². The first-order chi connectivity index (χ1) is 19.6. The normalized spacial score (nSPS) is 21.8. The summed E-state index contributed by atoms with van der Waals surface area (Å²) in [6.45, 7) is 2.57. The van der Waals surface area contributed by atoms with Crippen molar-refractivity contribution in [3.05, 3.63) is 132 Å². The van der Waals surface area contributed by atoms with Gasteiger partial charge in [0.05, 0.1) is 12.1 Å². The Morgan fingerprint density at radius 3 is 1.90 bits per heavy atom. The van der Waals surface area contributed by atoms with Crippen molar-refractivity contribution in [1.29, 1.82) is 0 Å². The van der Waals surface area contributed by atoms with Gasteiger partial charge in [0.2, 0.25) is 0 Å². The first kappa shape index (κ1) is 29.3. The second-order valence-electron chi connectivity index (χ2n) is 10.3. The monoisotopic (exact) mass is 592 g/mol. The number of rotatable bonds is 8. The number of hydrogen-bond acceptors (Lipinski definition) is 5. The molecule has 2 aliphatic rings. The molecule has 0 radical (unpaired) electrons. The van der Waals surface area contributed by atoms with Gasteiger partial charge in [-0.05, 0) is 54.5 Å². The van der Waals surface area contributed by atoms with E-state index in [1.165, 1.54) is 9.57 Å². The summed E-state index contributed by atoms with van der Waals surface area (Å²) in [6, 6.07) is 30.2. The number of halogens is 1. The molecule has 0 aliphatic carbocycles. The Balaban J connectivity index is 1.71. The molecule has 214 valence electrons. The van der Waals surface area contributed by atoms with Crippen LogP contribution in [0.25, 0.3) is 0 Å². The molecule has 1 fully saturated rings. The first-order valence-corrected chi connectivity index (χ1v) is 15.8. The summed E-state index contributed by atoms with van der Waals surface area (Å²) < 4.78 is 26.9. The van der Waals surface area contributed by atoms with Crippen molar-refractivity contribution < 1.29 is 18.6 Å². The van der Waals surface area contributed by atoms with E-state index in [0.717, 1.165) is 22.3 Å². The molecule has 5 rings (SSSR count). The van der Waals surface area contributed by atoms with Crippen LogP contribution < -0.4 is 5.32 Å². The first-order valence-electron chi connectivity index (χ1n) is 13.3. The zero-order chi connectivity index (χ0) is 29.2. The number of carbonyl (C=O) groups is 1. The molecule has 8 nitrogen and oxygen atoms in total. The summed E-state index contributed by atoms with van der Waals surface area (Å²) in [6.07, 6.45) is -0.110. The Kier molecular flexibility index (Phi) is 8.52. The average molecular weight is 593 g/mol. The zero-order valence-corrected chi connectivity index (χ0v) is 25.0. The van der Waals surface area contributed by atoms with Crippen molar-refractivity contribution in [2.45, 2.75) is 25.0 Å². The molecule has 1 N–H and O–H groups in total. The van der Waals surface area contributed by atoms with Crippen LogP contribution in [0.3, 0.4) is 0 Å². The average Bonchev–Trinajstić information content (AvgIpc) is 2.97. The van der Waals surface area contributed by atoms with E-state index in [1.54, 1.807) is 20.3 Å². The third-order valence-electron chi connectivity index (χ3n) is 7.44. The molecule has 2 amide bonds. The number of nitrogens with one attached hydrogen (secondary N) is 1. The minimum Gasteiger partial charge on any atom is -0.326 e. The van der Waals surface area contributed by atoms with Crippen LogP contribution in [0.5, 0.6) is 0 Å². The smallest absolute Gasteiger partial charge is 0.326 e. The second-order valence-corrected chi connectivity index (χ2v) is 13.5. The predicted molar refractivity (Wildman–Crippen MR) is 161 cm³/mol. The summed E-state index contributed by atoms with van der Waals surface area (Å²) >= 11 is 6.37. The summed E-state index contributed by atoms with van der Waals surface area (Å²) in [5.41, 5.74) is 3.54.